The topological polar surface area (TPSA) is 163 Å². The van der Waals surface area contributed by atoms with E-state index in [1.54, 1.807) is 39.3 Å². The monoisotopic (exact) mass is 600 g/mol. The largest absolute Gasteiger partial charge is 0.497 e. The molecule has 0 aliphatic carbocycles. The third-order valence-corrected chi connectivity index (χ3v) is 7.48. The summed E-state index contributed by atoms with van der Waals surface area (Å²) in [6.07, 6.45) is 2.91. The van der Waals surface area contributed by atoms with Crippen LogP contribution in [0.25, 0.3) is 0 Å². The van der Waals surface area contributed by atoms with Gasteiger partial charge in [0.15, 0.2) is 0 Å². The Morgan fingerprint density at radius 3 is 1.57 bits per heavy atom. The number of methoxy groups -OCH3 is 3. The van der Waals surface area contributed by atoms with Crippen LogP contribution in [0.4, 0.5) is 0 Å². The lowest BCUT2D eigenvalue weighted by Gasteiger charge is -2.25. The fourth-order valence-corrected chi connectivity index (χ4v) is 4.07. The van der Waals surface area contributed by atoms with Crippen molar-refractivity contribution >= 4 is 15.2 Å². The lowest BCUT2D eigenvalue weighted by molar-refractivity contribution is 0.281. The van der Waals surface area contributed by atoms with Gasteiger partial charge < -0.3 is 38.9 Å². The van der Waals surface area contributed by atoms with Crippen molar-refractivity contribution in [1.82, 2.24) is 0 Å². The third kappa shape index (κ3) is 13.6. The fraction of sp³-hybridized carbons (Fsp3) is 0.357. The average molecular weight is 601 g/mol. The van der Waals surface area contributed by atoms with Gasteiger partial charge in [0, 0.05) is 21.6 Å². The van der Waals surface area contributed by atoms with Crippen LogP contribution in [0, 0.1) is 0 Å². The maximum atomic E-state index is 11.3. The van der Waals surface area contributed by atoms with Gasteiger partial charge in [-0.3, -0.25) is 9.13 Å². The van der Waals surface area contributed by atoms with E-state index in [1.165, 1.54) is 33.1 Å². The normalized spacial score (nSPS) is 12.3. The molecule has 0 radical (unpaired) electrons. The molecule has 0 unspecified atom stereocenters. The van der Waals surface area contributed by atoms with Crippen LogP contribution in [-0.2, 0) is 21.2 Å². The molecule has 0 aromatic heterocycles. The Hall–Kier alpha value is -2.68. The highest BCUT2D eigenvalue weighted by Gasteiger charge is 2.26. The molecule has 0 heterocycles. The minimum Gasteiger partial charge on any atom is -0.497 e. The molecule has 0 fully saturated rings. The molecule has 40 heavy (non-hydrogen) atoms. The molecule has 0 bridgehead atoms. The van der Waals surface area contributed by atoms with Crippen molar-refractivity contribution in [3.8, 4) is 17.2 Å². The Labute approximate surface area is 237 Å². The number of allylic oxidation sites excluding steroid dienone is 5. The van der Waals surface area contributed by atoms with Crippen LogP contribution in [0.1, 0.15) is 45.7 Å². The molecule has 2 aromatic carbocycles. The summed E-state index contributed by atoms with van der Waals surface area (Å²) < 4.78 is 36.9. The molecule has 0 aliphatic rings. The lowest BCUT2D eigenvalue weighted by atomic mass is 9.83. The van der Waals surface area contributed by atoms with Crippen molar-refractivity contribution < 1.29 is 48.0 Å². The highest BCUT2D eigenvalue weighted by Crippen LogP contribution is 2.47. The molecule has 0 saturated heterocycles. The number of hydrogen-bond donors (Lipinski definition) is 5. The summed E-state index contributed by atoms with van der Waals surface area (Å²) in [4.78, 5) is 35.5. The first kappa shape index (κ1) is 37.3. The second kappa shape index (κ2) is 16.6. The van der Waals surface area contributed by atoms with Crippen molar-refractivity contribution in [2.75, 3.05) is 21.3 Å². The maximum absolute atomic E-state index is 11.3. The molecule has 0 atom stereocenters. The Kier molecular flexibility index (Phi) is 15.4. The SMILES string of the molecule is C=C(C)/C=C(/C)P(=O)(O)O.COc1ccc(CO)cc1C(C)(C)/C=C(\C)P(=O)(O)O.COc1ccc(OC)cc1. The predicted octanol–water partition coefficient (Wildman–Crippen LogP) is 5.89. The fourth-order valence-electron chi connectivity index (χ4n) is 3.19. The van der Waals surface area contributed by atoms with E-state index in [0.717, 1.165) is 22.6 Å². The van der Waals surface area contributed by atoms with Gasteiger partial charge in [-0.25, -0.2) is 0 Å². The van der Waals surface area contributed by atoms with Gasteiger partial charge in [-0.05, 0) is 68.8 Å². The highest BCUT2D eigenvalue weighted by atomic mass is 31.2. The third-order valence-electron chi connectivity index (χ3n) is 5.38. The van der Waals surface area contributed by atoms with Gasteiger partial charge in [0.1, 0.15) is 17.2 Å². The standard InChI is InChI=1S/C14H21O5P.C8H10O2.C6H11O3P/c1-10(20(16,17)18)8-14(2,3)12-7-11(9-15)5-6-13(12)19-4;1-9-7-3-5-8(10-2)6-4-7;1-5(2)4-6(3)10(7,8)9/h5-8,15H,9H2,1-4H3,(H2,16,17,18);3-6H,1-2H3;4H,1H2,2-3H3,(H2,7,8,9)/b10-8+;;6-4-. The lowest BCUT2D eigenvalue weighted by Crippen LogP contribution is -2.16. The molecular weight excluding hydrogens is 558 g/mol. The zero-order valence-corrected chi connectivity index (χ0v) is 26.1. The van der Waals surface area contributed by atoms with Gasteiger partial charge in [-0.15, -0.1) is 0 Å². The number of rotatable bonds is 9. The second-order valence-electron chi connectivity index (χ2n) is 9.30. The van der Waals surface area contributed by atoms with Crippen LogP contribution in [0.3, 0.4) is 0 Å². The number of hydrogen-bond acceptors (Lipinski definition) is 6. The second-order valence-corrected chi connectivity index (χ2v) is 12.9. The van der Waals surface area contributed by atoms with Crippen molar-refractivity contribution in [1.29, 1.82) is 0 Å². The molecule has 224 valence electrons. The van der Waals surface area contributed by atoms with Crippen LogP contribution in [0.15, 0.2) is 77.4 Å². The van der Waals surface area contributed by atoms with Crippen molar-refractivity contribution in [3.05, 3.63) is 88.5 Å². The molecule has 12 heteroatoms. The molecular formula is C28H42O10P2. The summed E-state index contributed by atoms with van der Waals surface area (Å²) >= 11 is 0. The Bertz CT molecular complexity index is 1230. The molecule has 0 aliphatic heterocycles. The minimum atomic E-state index is -4.25. The van der Waals surface area contributed by atoms with Gasteiger partial charge in [0.05, 0.1) is 27.9 Å². The molecule has 0 spiro atoms. The van der Waals surface area contributed by atoms with Gasteiger partial charge >= 0.3 is 15.2 Å². The molecule has 0 saturated carbocycles. The first-order chi connectivity index (χ1) is 18.3. The van der Waals surface area contributed by atoms with Crippen LogP contribution >= 0.6 is 15.2 Å². The maximum Gasteiger partial charge on any atom is 0.351 e. The number of benzene rings is 2. The van der Waals surface area contributed by atoms with Crippen molar-refractivity contribution in [2.45, 2.75) is 46.6 Å². The zero-order chi connectivity index (χ0) is 31.3. The van der Waals surface area contributed by atoms with Crippen LogP contribution in [-0.4, -0.2) is 46.0 Å². The Balaban J connectivity index is 0.000000637. The van der Waals surface area contributed by atoms with E-state index in [1.807, 2.05) is 38.1 Å². The van der Waals surface area contributed by atoms with E-state index in [0.29, 0.717) is 11.3 Å². The summed E-state index contributed by atoms with van der Waals surface area (Å²) in [5, 5.41) is 9.29. The van der Waals surface area contributed by atoms with E-state index in [2.05, 4.69) is 6.58 Å². The number of aliphatic hydroxyl groups excluding tert-OH is 1. The summed E-state index contributed by atoms with van der Waals surface area (Å²) in [7, 11) is -3.44. The smallest absolute Gasteiger partial charge is 0.351 e. The van der Waals surface area contributed by atoms with Crippen molar-refractivity contribution in [3.63, 3.8) is 0 Å². The van der Waals surface area contributed by atoms with E-state index in [9.17, 15) is 24.0 Å². The molecule has 0 amide bonds. The van der Waals surface area contributed by atoms with Gasteiger partial charge in [0.2, 0.25) is 0 Å². The van der Waals surface area contributed by atoms with Gasteiger partial charge in [-0.2, -0.15) is 0 Å². The van der Waals surface area contributed by atoms with E-state index in [4.69, 9.17) is 24.0 Å². The number of ether oxygens (including phenoxy) is 3. The first-order valence-electron chi connectivity index (χ1n) is 11.9. The zero-order valence-electron chi connectivity index (χ0n) is 24.3. The summed E-state index contributed by atoms with van der Waals surface area (Å²) in [6, 6.07) is 12.7. The molecule has 5 N–H and O–H groups in total. The summed E-state index contributed by atoms with van der Waals surface area (Å²) in [6.45, 7) is 11.5. The van der Waals surface area contributed by atoms with Crippen molar-refractivity contribution in [2.24, 2.45) is 0 Å². The first-order valence-corrected chi connectivity index (χ1v) is 15.2. The highest BCUT2D eigenvalue weighted by molar-refractivity contribution is 7.56. The van der Waals surface area contributed by atoms with E-state index < -0.39 is 20.6 Å². The van der Waals surface area contributed by atoms with E-state index in [-0.39, 0.29) is 17.2 Å². The summed E-state index contributed by atoms with van der Waals surface area (Å²) in [5.74, 6) is 2.31. The predicted molar refractivity (Wildman–Crippen MR) is 158 cm³/mol. The van der Waals surface area contributed by atoms with Crippen LogP contribution < -0.4 is 14.2 Å². The van der Waals surface area contributed by atoms with Gasteiger partial charge in [-0.1, -0.05) is 38.1 Å². The Morgan fingerprint density at radius 1 is 0.825 bits per heavy atom. The molecule has 2 rings (SSSR count). The Morgan fingerprint density at radius 2 is 1.27 bits per heavy atom. The number of aliphatic hydroxyl groups is 1. The molecule has 10 nitrogen and oxygen atoms in total. The van der Waals surface area contributed by atoms with Crippen LogP contribution in [0.2, 0.25) is 0 Å². The van der Waals surface area contributed by atoms with E-state index >= 15 is 0 Å². The quantitative estimate of drug-likeness (QED) is 0.173. The van der Waals surface area contributed by atoms with Crippen LogP contribution in [0.5, 0.6) is 17.2 Å². The summed E-state index contributed by atoms with van der Waals surface area (Å²) in [5.41, 5.74) is 1.48. The molecule has 2 aromatic rings. The average Bonchev–Trinajstić information content (AvgIpc) is 2.87. The van der Waals surface area contributed by atoms with Gasteiger partial charge in [0.25, 0.3) is 0 Å². The minimum absolute atomic E-state index is 0.0129.